The number of alkyl halides is 2. The van der Waals surface area contributed by atoms with Crippen LogP contribution in [0.2, 0.25) is 0 Å². The molecule has 0 fully saturated rings. The first-order valence-electron chi connectivity index (χ1n) is 11.1. The standard InChI is InChI=1S/C24H26F2N6O3/c1-14-8-16(10-31-22(14)35-13-24(3,25)26)15(2)32-12-18-17(23(32)34)4-5-27-19(18)9-21(33)30-11-20-28-6-7-29-20/h4-8,10,15H,9,11-13H2,1-3H3,(H,28,29)(H,30,33). The number of aryl methyl sites for hydroxylation is 1. The molecule has 35 heavy (non-hydrogen) atoms. The van der Waals surface area contributed by atoms with Crippen LogP contribution < -0.4 is 10.1 Å². The van der Waals surface area contributed by atoms with Gasteiger partial charge in [0.05, 0.1) is 24.7 Å². The summed E-state index contributed by atoms with van der Waals surface area (Å²) in [5, 5.41) is 2.79. The Kier molecular flexibility index (Phi) is 6.77. The fourth-order valence-corrected chi connectivity index (χ4v) is 3.90. The summed E-state index contributed by atoms with van der Waals surface area (Å²) in [6.45, 7) is 4.16. The second-order valence-electron chi connectivity index (χ2n) is 8.63. The zero-order valence-corrected chi connectivity index (χ0v) is 19.6. The van der Waals surface area contributed by atoms with Gasteiger partial charge < -0.3 is 19.9 Å². The normalized spacial score (nSPS) is 14.1. The summed E-state index contributed by atoms with van der Waals surface area (Å²) < 4.78 is 31.4. The molecular weight excluding hydrogens is 458 g/mol. The number of amides is 2. The van der Waals surface area contributed by atoms with Gasteiger partial charge in [0, 0.05) is 54.9 Å². The minimum atomic E-state index is -2.96. The third-order valence-electron chi connectivity index (χ3n) is 5.76. The molecule has 1 aliphatic heterocycles. The number of ether oxygens (including phenoxy) is 1. The summed E-state index contributed by atoms with van der Waals surface area (Å²) in [5.74, 6) is -2.59. The molecule has 184 valence electrons. The maximum atomic E-state index is 13.2. The molecular formula is C24H26F2N6O3. The highest BCUT2D eigenvalue weighted by atomic mass is 19.3. The van der Waals surface area contributed by atoms with Crippen LogP contribution in [0, 0.1) is 6.92 Å². The van der Waals surface area contributed by atoms with Gasteiger partial charge in [-0.15, -0.1) is 0 Å². The Bertz CT molecular complexity index is 1230. The van der Waals surface area contributed by atoms with Gasteiger partial charge in [-0.3, -0.25) is 14.6 Å². The van der Waals surface area contributed by atoms with Crippen molar-refractivity contribution in [3.63, 3.8) is 0 Å². The molecule has 0 aliphatic carbocycles. The number of pyridine rings is 2. The number of fused-ring (bicyclic) bond motifs is 1. The number of nitrogens with zero attached hydrogens (tertiary/aromatic N) is 4. The molecule has 9 nitrogen and oxygen atoms in total. The second-order valence-corrected chi connectivity index (χ2v) is 8.63. The second kappa shape index (κ2) is 9.77. The molecule has 1 atom stereocenters. The summed E-state index contributed by atoms with van der Waals surface area (Å²) in [6.07, 6.45) is 6.37. The maximum Gasteiger partial charge on any atom is 0.278 e. The molecule has 2 N–H and O–H groups in total. The molecule has 1 aliphatic rings. The summed E-state index contributed by atoms with van der Waals surface area (Å²) >= 11 is 0. The molecule has 4 rings (SSSR count). The average Bonchev–Trinajstić information content (AvgIpc) is 3.44. The van der Waals surface area contributed by atoms with Crippen molar-refractivity contribution in [1.82, 2.24) is 30.2 Å². The van der Waals surface area contributed by atoms with E-state index in [-0.39, 0.29) is 36.7 Å². The van der Waals surface area contributed by atoms with Gasteiger partial charge in [-0.2, -0.15) is 0 Å². The predicted octanol–water partition coefficient (Wildman–Crippen LogP) is 3.12. The molecule has 0 bridgehead atoms. The van der Waals surface area contributed by atoms with Gasteiger partial charge in [-0.1, -0.05) is 0 Å². The first-order chi connectivity index (χ1) is 16.6. The number of aromatic amines is 1. The minimum absolute atomic E-state index is 0.0359. The minimum Gasteiger partial charge on any atom is -0.471 e. The van der Waals surface area contributed by atoms with E-state index in [0.29, 0.717) is 34.8 Å². The highest BCUT2D eigenvalue weighted by Crippen LogP contribution is 2.33. The quantitative estimate of drug-likeness (QED) is 0.483. The van der Waals surface area contributed by atoms with Crippen molar-refractivity contribution in [2.24, 2.45) is 0 Å². The number of nitrogens with one attached hydrogen (secondary N) is 2. The monoisotopic (exact) mass is 484 g/mol. The summed E-state index contributed by atoms with van der Waals surface area (Å²) in [4.78, 5) is 42.8. The summed E-state index contributed by atoms with van der Waals surface area (Å²) in [5.41, 5.74) is 3.10. The third kappa shape index (κ3) is 5.61. The van der Waals surface area contributed by atoms with E-state index in [2.05, 4.69) is 25.3 Å². The lowest BCUT2D eigenvalue weighted by Gasteiger charge is -2.25. The SMILES string of the molecule is Cc1cc(C(C)N2Cc3c(ccnc3CC(=O)NCc3ncc[nH]3)C2=O)cnc1OCC(C)(F)F. The zero-order chi connectivity index (χ0) is 25.2. The number of aromatic nitrogens is 4. The van der Waals surface area contributed by atoms with Crippen LogP contribution >= 0.6 is 0 Å². The Balaban J connectivity index is 1.45. The lowest BCUT2D eigenvalue weighted by atomic mass is 10.1. The van der Waals surface area contributed by atoms with E-state index in [0.717, 1.165) is 12.5 Å². The molecule has 2 amide bonds. The van der Waals surface area contributed by atoms with Gasteiger partial charge in [0.1, 0.15) is 5.82 Å². The van der Waals surface area contributed by atoms with Gasteiger partial charge in [-0.05, 0) is 31.5 Å². The summed E-state index contributed by atoms with van der Waals surface area (Å²) in [7, 11) is 0. The van der Waals surface area contributed by atoms with E-state index >= 15 is 0 Å². The number of halogens is 2. The van der Waals surface area contributed by atoms with Gasteiger partial charge >= 0.3 is 0 Å². The van der Waals surface area contributed by atoms with E-state index in [1.807, 2.05) is 6.92 Å². The van der Waals surface area contributed by atoms with Crippen molar-refractivity contribution in [3.05, 3.63) is 70.7 Å². The number of carbonyl (C=O) groups is 2. The largest absolute Gasteiger partial charge is 0.471 e. The Morgan fingerprint density at radius 3 is 2.80 bits per heavy atom. The van der Waals surface area contributed by atoms with Crippen LogP contribution in [0.4, 0.5) is 8.78 Å². The molecule has 3 aromatic rings. The molecule has 3 aromatic heterocycles. The molecule has 1 unspecified atom stereocenters. The first-order valence-corrected chi connectivity index (χ1v) is 11.1. The number of imidazole rings is 1. The van der Waals surface area contributed by atoms with Crippen molar-refractivity contribution >= 4 is 11.8 Å². The van der Waals surface area contributed by atoms with Crippen molar-refractivity contribution in [3.8, 4) is 5.88 Å². The summed E-state index contributed by atoms with van der Waals surface area (Å²) in [6, 6.07) is 3.08. The Hall–Kier alpha value is -3.89. The number of rotatable bonds is 9. The van der Waals surface area contributed by atoms with Gasteiger partial charge in [-0.25, -0.2) is 18.7 Å². The van der Waals surface area contributed by atoms with Crippen molar-refractivity contribution in [2.45, 2.75) is 52.2 Å². The van der Waals surface area contributed by atoms with Gasteiger partial charge in [0.2, 0.25) is 11.8 Å². The van der Waals surface area contributed by atoms with Crippen LogP contribution in [0.1, 0.15) is 58.5 Å². The molecule has 0 saturated carbocycles. The molecule has 4 heterocycles. The average molecular weight is 485 g/mol. The Labute approximate surface area is 200 Å². The topological polar surface area (TPSA) is 113 Å². The molecule has 0 saturated heterocycles. The van der Waals surface area contributed by atoms with E-state index < -0.39 is 12.5 Å². The van der Waals surface area contributed by atoms with Gasteiger partial charge in [0.25, 0.3) is 11.8 Å². The van der Waals surface area contributed by atoms with Crippen LogP contribution in [0.5, 0.6) is 5.88 Å². The van der Waals surface area contributed by atoms with E-state index in [9.17, 15) is 18.4 Å². The van der Waals surface area contributed by atoms with E-state index in [4.69, 9.17) is 4.74 Å². The van der Waals surface area contributed by atoms with Crippen LogP contribution in [0.15, 0.2) is 36.9 Å². The Morgan fingerprint density at radius 1 is 1.31 bits per heavy atom. The number of hydrogen-bond acceptors (Lipinski definition) is 6. The van der Waals surface area contributed by atoms with Crippen molar-refractivity contribution in [1.29, 1.82) is 0 Å². The number of carbonyl (C=O) groups excluding carboxylic acids is 2. The smallest absolute Gasteiger partial charge is 0.278 e. The van der Waals surface area contributed by atoms with E-state index in [1.54, 1.807) is 36.4 Å². The predicted molar refractivity (Wildman–Crippen MR) is 122 cm³/mol. The third-order valence-corrected chi connectivity index (χ3v) is 5.76. The number of hydrogen-bond donors (Lipinski definition) is 2. The fraction of sp³-hybridized carbons (Fsp3) is 0.375. The molecule has 11 heteroatoms. The molecule has 0 spiro atoms. The number of H-pyrrole nitrogens is 1. The van der Waals surface area contributed by atoms with Gasteiger partial charge in [0.15, 0.2) is 6.61 Å². The van der Waals surface area contributed by atoms with Crippen molar-refractivity contribution < 1.29 is 23.1 Å². The first kappa shape index (κ1) is 24.2. The lowest BCUT2D eigenvalue weighted by molar-refractivity contribution is -0.120. The maximum absolute atomic E-state index is 13.2. The van der Waals surface area contributed by atoms with Crippen LogP contribution in [-0.4, -0.2) is 49.2 Å². The Morgan fingerprint density at radius 2 is 2.11 bits per heavy atom. The van der Waals surface area contributed by atoms with E-state index in [1.165, 1.54) is 12.4 Å². The lowest BCUT2D eigenvalue weighted by Crippen LogP contribution is -2.28. The molecule has 0 radical (unpaired) electrons. The van der Waals surface area contributed by atoms with Crippen molar-refractivity contribution in [2.75, 3.05) is 6.61 Å². The van der Waals surface area contributed by atoms with Crippen LogP contribution in [0.3, 0.4) is 0 Å². The zero-order valence-electron chi connectivity index (χ0n) is 19.6. The fourth-order valence-electron chi connectivity index (χ4n) is 3.90. The highest BCUT2D eigenvalue weighted by molar-refractivity contribution is 5.99. The molecule has 0 aromatic carbocycles. The van der Waals surface area contributed by atoms with Crippen LogP contribution in [-0.2, 0) is 24.3 Å². The van der Waals surface area contributed by atoms with Crippen LogP contribution in [0.25, 0.3) is 0 Å². The highest BCUT2D eigenvalue weighted by Gasteiger charge is 2.34.